The third-order valence-electron chi connectivity index (χ3n) is 6.66. The van der Waals surface area contributed by atoms with Crippen LogP contribution in [0.5, 0.6) is 0 Å². The van der Waals surface area contributed by atoms with Crippen molar-refractivity contribution in [1.29, 1.82) is 0 Å². The van der Waals surface area contributed by atoms with Crippen molar-refractivity contribution < 1.29 is 14.0 Å². The molecule has 206 valence electrons. The van der Waals surface area contributed by atoms with E-state index < -0.39 is 11.8 Å². The number of urea groups is 2. The molecule has 3 N–H and O–H groups in total. The number of benzene rings is 2. The van der Waals surface area contributed by atoms with E-state index in [1.54, 1.807) is 37.1 Å². The summed E-state index contributed by atoms with van der Waals surface area (Å²) in [6.07, 6.45) is 1.70. The molecule has 0 radical (unpaired) electrons. The van der Waals surface area contributed by atoms with Crippen LogP contribution in [0.1, 0.15) is 32.0 Å². The van der Waals surface area contributed by atoms with Gasteiger partial charge in [-0.05, 0) is 30.3 Å². The Hall–Kier alpha value is -4.93. The molecule has 40 heavy (non-hydrogen) atoms. The summed E-state index contributed by atoms with van der Waals surface area (Å²) >= 11 is 0. The zero-order chi connectivity index (χ0) is 28.6. The topological polar surface area (TPSA) is 107 Å². The van der Waals surface area contributed by atoms with Crippen LogP contribution in [0.15, 0.2) is 66.9 Å². The largest absolute Gasteiger partial charge is 0.373 e. The molecule has 1 aliphatic rings. The van der Waals surface area contributed by atoms with Gasteiger partial charge in [-0.1, -0.05) is 39.0 Å². The number of pyridine rings is 1. The highest BCUT2D eigenvalue weighted by atomic mass is 19.1. The average Bonchev–Trinajstić information content (AvgIpc) is 3.36. The minimum atomic E-state index is -0.648. The molecule has 0 saturated carbocycles. The molecule has 1 aliphatic heterocycles. The lowest BCUT2D eigenvalue weighted by molar-refractivity contribution is 0.251. The Morgan fingerprint density at radius 3 is 2.45 bits per heavy atom. The molecule has 0 bridgehead atoms. The van der Waals surface area contributed by atoms with Crippen LogP contribution < -0.4 is 25.8 Å². The minimum Gasteiger partial charge on any atom is -0.373 e. The molecule has 4 amide bonds. The molecule has 0 saturated heterocycles. The third-order valence-corrected chi connectivity index (χ3v) is 6.66. The quantitative estimate of drug-likeness (QED) is 0.288. The summed E-state index contributed by atoms with van der Waals surface area (Å²) in [6, 6.07) is 16.3. The summed E-state index contributed by atoms with van der Waals surface area (Å²) in [6.45, 7) is 6.34. The van der Waals surface area contributed by atoms with Crippen molar-refractivity contribution in [3.05, 3.63) is 83.9 Å². The van der Waals surface area contributed by atoms with E-state index in [0.717, 1.165) is 22.6 Å². The van der Waals surface area contributed by atoms with Crippen molar-refractivity contribution in [2.45, 2.75) is 32.7 Å². The number of nitrogens with zero attached hydrogens (tertiary/aromatic N) is 5. The van der Waals surface area contributed by atoms with Crippen LogP contribution in [0.25, 0.3) is 5.69 Å². The number of hydrogen-bond acceptors (Lipinski definition) is 5. The van der Waals surface area contributed by atoms with Gasteiger partial charge in [-0.15, -0.1) is 0 Å². The van der Waals surface area contributed by atoms with Gasteiger partial charge >= 0.3 is 12.1 Å². The predicted octanol–water partition coefficient (Wildman–Crippen LogP) is 5.97. The van der Waals surface area contributed by atoms with Crippen LogP contribution in [0, 0.1) is 5.82 Å². The summed E-state index contributed by atoms with van der Waals surface area (Å²) in [7, 11) is 3.43. The maximum absolute atomic E-state index is 14.8. The van der Waals surface area contributed by atoms with Crippen molar-refractivity contribution in [2.24, 2.45) is 0 Å². The summed E-state index contributed by atoms with van der Waals surface area (Å²) < 4.78 is 16.5. The van der Waals surface area contributed by atoms with Crippen LogP contribution in [-0.2, 0) is 12.0 Å². The highest BCUT2D eigenvalue weighted by Crippen LogP contribution is 2.33. The number of nitrogens with one attached hydrogen (secondary N) is 3. The Balaban J connectivity index is 1.39. The molecule has 0 spiro atoms. The SMILES string of the molecule is CNc1cc2c(cn1)CN(c1ccc(F)c(NC(=O)Nc3cc(C(C)(C)C)nn3-c3ccccc3)c1)C(=O)N2C. The van der Waals surface area contributed by atoms with Crippen molar-refractivity contribution >= 4 is 40.8 Å². The fraction of sp³-hybridized carbons (Fsp3) is 0.241. The number of aromatic nitrogens is 3. The highest BCUT2D eigenvalue weighted by Gasteiger charge is 2.30. The van der Waals surface area contributed by atoms with Gasteiger partial charge in [-0.3, -0.25) is 15.1 Å². The van der Waals surface area contributed by atoms with Gasteiger partial charge in [0.15, 0.2) is 0 Å². The molecule has 0 atom stereocenters. The van der Waals surface area contributed by atoms with E-state index in [-0.39, 0.29) is 23.7 Å². The molecule has 10 nitrogen and oxygen atoms in total. The number of halogens is 1. The van der Waals surface area contributed by atoms with Crippen LogP contribution in [-0.4, -0.2) is 40.9 Å². The van der Waals surface area contributed by atoms with Gasteiger partial charge < -0.3 is 10.6 Å². The first-order valence-electron chi connectivity index (χ1n) is 12.8. The molecule has 0 aliphatic carbocycles. The zero-order valence-electron chi connectivity index (χ0n) is 23.0. The smallest absolute Gasteiger partial charge is 0.329 e. The molecule has 0 unspecified atom stereocenters. The van der Waals surface area contributed by atoms with Crippen molar-refractivity contribution in [3.63, 3.8) is 0 Å². The first kappa shape index (κ1) is 26.7. The third kappa shape index (κ3) is 5.18. The minimum absolute atomic E-state index is 0.0678. The lowest BCUT2D eigenvalue weighted by Gasteiger charge is -2.35. The molecule has 2 aromatic carbocycles. The lowest BCUT2D eigenvalue weighted by atomic mass is 9.92. The predicted molar refractivity (Wildman–Crippen MR) is 155 cm³/mol. The Morgan fingerprint density at radius 2 is 1.75 bits per heavy atom. The van der Waals surface area contributed by atoms with Gasteiger partial charge in [-0.2, -0.15) is 5.10 Å². The van der Waals surface area contributed by atoms with Gasteiger partial charge in [0.05, 0.1) is 29.3 Å². The second-order valence-corrected chi connectivity index (χ2v) is 10.5. The maximum Gasteiger partial charge on any atom is 0.329 e. The number of hydrogen-bond donors (Lipinski definition) is 3. The maximum atomic E-state index is 14.8. The van der Waals surface area contributed by atoms with Crippen molar-refractivity contribution in [1.82, 2.24) is 14.8 Å². The van der Waals surface area contributed by atoms with E-state index in [2.05, 4.69) is 20.9 Å². The number of fused-ring (bicyclic) bond motifs is 1. The van der Waals surface area contributed by atoms with Gasteiger partial charge in [0, 0.05) is 49.1 Å². The Bertz CT molecular complexity index is 1580. The van der Waals surface area contributed by atoms with E-state index in [9.17, 15) is 14.0 Å². The molecule has 3 heterocycles. The number of amides is 4. The van der Waals surface area contributed by atoms with Gasteiger partial charge in [0.25, 0.3) is 0 Å². The number of carbonyl (C=O) groups excluding carboxylic acids is 2. The summed E-state index contributed by atoms with van der Waals surface area (Å²) in [4.78, 5) is 33.7. The van der Waals surface area contributed by atoms with Crippen LogP contribution in [0.3, 0.4) is 0 Å². The number of anilines is 5. The Kier molecular flexibility index (Phi) is 6.88. The molecular weight excluding hydrogens is 511 g/mol. The second kappa shape index (κ2) is 10.3. The van der Waals surface area contributed by atoms with Crippen LogP contribution in [0.4, 0.5) is 42.7 Å². The lowest BCUT2D eigenvalue weighted by Crippen LogP contribution is -2.45. The summed E-state index contributed by atoms with van der Waals surface area (Å²) in [5.74, 6) is 0.446. The van der Waals surface area contributed by atoms with Gasteiger partial charge in [0.2, 0.25) is 0 Å². The Labute approximate surface area is 231 Å². The molecular formula is C29H31FN8O2. The molecule has 5 rings (SSSR count). The second-order valence-electron chi connectivity index (χ2n) is 10.5. The average molecular weight is 543 g/mol. The number of carbonyl (C=O) groups is 2. The standard InChI is InChI=1S/C29H31FN8O2/c1-29(2,3)24-15-26(38(35-24)19-9-7-6-8-10-19)34-27(39)33-22-13-20(11-12-21(22)30)37-17-18-16-32-25(31-4)14-23(18)36(5)28(37)40/h6-16H,17H2,1-5H3,(H,31,32)(H2,33,34,39). The van der Waals surface area contributed by atoms with E-state index in [0.29, 0.717) is 17.3 Å². The zero-order valence-corrected chi connectivity index (χ0v) is 23.0. The van der Waals surface area contributed by atoms with Crippen LogP contribution in [0.2, 0.25) is 0 Å². The van der Waals surface area contributed by atoms with E-state index in [4.69, 9.17) is 5.10 Å². The number of rotatable bonds is 5. The van der Waals surface area contributed by atoms with Crippen molar-refractivity contribution in [2.75, 3.05) is 39.8 Å². The monoisotopic (exact) mass is 542 g/mol. The first-order chi connectivity index (χ1) is 19.0. The normalized spacial score (nSPS) is 13.2. The van der Waals surface area contributed by atoms with Gasteiger partial charge in [-0.25, -0.2) is 23.6 Å². The molecule has 2 aromatic heterocycles. The summed E-state index contributed by atoms with van der Waals surface area (Å²) in [5.41, 5.74) is 3.23. The number of para-hydroxylation sites is 1. The van der Waals surface area contributed by atoms with E-state index in [1.165, 1.54) is 28.0 Å². The highest BCUT2D eigenvalue weighted by molar-refractivity contribution is 6.06. The fourth-order valence-corrected chi connectivity index (χ4v) is 4.42. The van der Waals surface area contributed by atoms with Crippen molar-refractivity contribution in [3.8, 4) is 5.69 Å². The molecule has 4 aromatic rings. The summed E-state index contributed by atoms with van der Waals surface area (Å²) in [5, 5.41) is 13.0. The van der Waals surface area contributed by atoms with E-state index in [1.807, 2.05) is 51.1 Å². The fourth-order valence-electron chi connectivity index (χ4n) is 4.42. The molecule has 11 heteroatoms. The van der Waals surface area contributed by atoms with Crippen LogP contribution >= 0.6 is 0 Å². The van der Waals surface area contributed by atoms with Gasteiger partial charge in [0.1, 0.15) is 17.5 Å². The van der Waals surface area contributed by atoms with E-state index >= 15 is 0 Å². The first-order valence-corrected chi connectivity index (χ1v) is 12.8. The Morgan fingerprint density at radius 1 is 1.00 bits per heavy atom. The molecule has 0 fully saturated rings.